The molecule has 0 aliphatic rings. The lowest BCUT2D eigenvalue weighted by molar-refractivity contribution is 1.12. The molecule has 4 nitrogen and oxygen atoms in total. The third-order valence-corrected chi connectivity index (χ3v) is 2.74. The Labute approximate surface area is 142 Å². The second-order valence-corrected chi connectivity index (χ2v) is 4.75. The quantitative estimate of drug-likeness (QED) is 0.623. The van der Waals surface area contributed by atoms with E-state index < -0.39 is 0 Å². The molecule has 0 fully saturated rings. The number of benzene rings is 1. The molecule has 0 amide bonds. The summed E-state index contributed by atoms with van der Waals surface area (Å²) in [5.41, 5.74) is 3.34. The zero-order chi connectivity index (χ0) is 17.6. The van der Waals surface area contributed by atoms with E-state index in [1.807, 2.05) is 62.4 Å². The zero-order valence-electron chi connectivity index (χ0n) is 13.7. The van der Waals surface area contributed by atoms with Gasteiger partial charge in [-0.2, -0.15) is 10.5 Å². The minimum atomic E-state index is 0.582. The standard InChI is InChI=1S/C8H4N2.C7H9N.C5H5N/c9-5-7-1-2-8(6-10)4-3-7;1-6-4-3-5-7(2)8-6;1-2-4-6-5-3-1/h1-4H;3-5H,1-2H3;1-5H. The second kappa shape index (κ2) is 11.1. The molecule has 4 heteroatoms. The number of rotatable bonds is 0. The number of pyridine rings is 2. The van der Waals surface area contributed by atoms with Crippen molar-refractivity contribution in [3.63, 3.8) is 0 Å². The first-order valence-electron chi connectivity index (χ1n) is 7.31. The van der Waals surface area contributed by atoms with Crippen molar-refractivity contribution in [3.05, 3.63) is 95.6 Å². The van der Waals surface area contributed by atoms with Gasteiger partial charge in [0.05, 0.1) is 23.3 Å². The molecule has 0 saturated carbocycles. The van der Waals surface area contributed by atoms with Gasteiger partial charge in [0, 0.05) is 23.8 Å². The maximum atomic E-state index is 8.37. The van der Waals surface area contributed by atoms with Crippen LogP contribution in [0.25, 0.3) is 0 Å². The number of aromatic nitrogens is 2. The van der Waals surface area contributed by atoms with Gasteiger partial charge in [0.2, 0.25) is 0 Å². The molecule has 0 saturated heterocycles. The molecular formula is C20H18N4. The third-order valence-electron chi connectivity index (χ3n) is 2.74. The van der Waals surface area contributed by atoms with E-state index >= 15 is 0 Å². The third kappa shape index (κ3) is 8.07. The lowest BCUT2D eigenvalue weighted by Crippen LogP contribution is -1.81. The van der Waals surface area contributed by atoms with Gasteiger partial charge < -0.3 is 0 Å². The monoisotopic (exact) mass is 314 g/mol. The number of aryl methyl sites for hydroxylation is 2. The van der Waals surface area contributed by atoms with Crippen molar-refractivity contribution in [3.8, 4) is 12.1 Å². The lowest BCUT2D eigenvalue weighted by Gasteiger charge is -1.90. The van der Waals surface area contributed by atoms with E-state index in [9.17, 15) is 0 Å². The zero-order valence-corrected chi connectivity index (χ0v) is 13.7. The Morgan fingerprint density at radius 1 is 0.667 bits per heavy atom. The highest BCUT2D eigenvalue weighted by Gasteiger charge is 1.88. The molecular weight excluding hydrogens is 296 g/mol. The minimum absolute atomic E-state index is 0.582. The van der Waals surface area contributed by atoms with Gasteiger partial charge in [0.1, 0.15) is 0 Å². The van der Waals surface area contributed by atoms with Crippen molar-refractivity contribution in [1.82, 2.24) is 9.97 Å². The van der Waals surface area contributed by atoms with Gasteiger partial charge in [-0.1, -0.05) is 12.1 Å². The van der Waals surface area contributed by atoms with E-state index in [2.05, 4.69) is 9.97 Å². The minimum Gasteiger partial charge on any atom is -0.265 e. The van der Waals surface area contributed by atoms with Crippen LogP contribution in [0.15, 0.2) is 73.1 Å². The first-order chi connectivity index (χ1) is 11.7. The van der Waals surface area contributed by atoms with E-state index in [0.29, 0.717) is 11.1 Å². The molecule has 118 valence electrons. The van der Waals surface area contributed by atoms with Gasteiger partial charge in [0.25, 0.3) is 0 Å². The van der Waals surface area contributed by atoms with Crippen LogP contribution in [0.1, 0.15) is 22.5 Å². The summed E-state index contributed by atoms with van der Waals surface area (Å²) < 4.78 is 0. The van der Waals surface area contributed by atoms with Crippen LogP contribution in [-0.4, -0.2) is 9.97 Å². The molecule has 0 radical (unpaired) electrons. The summed E-state index contributed by atoms with van der Waals surface area (Å²) in [4.78, 5) is 7.96. The molecule has 0 bridgehead atoms. The van der Waals surface area contributed by atoms with Crippen molar-refractivity contribution in [2.75, 3.05) is 0 Å². The molecule has 0 atom stereocenters. The summed E-state index contributed by atoms with van der Waals surface area (Å²) in [7, 11) is 0. The first kappa shape index (κ1) is 18.5. The molecule has 0 N–H and O–H groups in total. The van der Waals surface area contributed by atoms with E-state index in [1.165, 1.54) is 0 Å². The summed E-state index contributed by atoms with van der Waals surface area (Å²) in [6, 6.07) is 22.1. The fourth-order valence-electron chi connectivity index (χ4n) is 1.61. The SMILES string of the molecule is Cc1cccc(C)n1.N#Cc1ccc(C#N)cc1.c1ccncc1. The molecule has 2 heterocycles. The molecule has 2 aromatic heterocycles. The second-order valence-electron chi connectivity index (χ2n) is 4.75. The van der Waals surface area contributed by atoms with Gasteiger partial charge in [-0.3, -0.25) is 9.97 Å². The molecule has 0 unspecified atom stereocenters. The molecule has 3 rings (SSSR count). The molecule has 0 aliphatic carbocycles. The Morgan fingerprint density at radius 2 is 1.12 bits per heavy atom. The normalized spacial score (nSPS) is 8.33. The van der Waals surface area contributed by atoms with Crippen molar-refractivity contribution < 1.29 is 0 Å². The Kier molecular flexibility index (Phi) is 8.59. The summed E-state index contributed by atoms with van der Waals surface area (Å²) in [5.74, 6) is 0. The Hall–Kier alpha value is -3.50. The predicted octanol–water partition coefficient (Wildman–Crippen LogP) is 4.21. The number of hydrogen-bond donors (Lipinski definition) is 0. The van der Waals surface area contributed by atoms with Crippen molar-refractivity contribution in [2.24, 2.45) is 0 Å². The van der Waals surface area contributed by atoms with E-state index in [0.717, 1.165) is 11.4 Å². The summed E-state index contributed by atoms with van der Waals surface area (Å²) in [5, 5.41) is 16.7. The highest BCUT2D eigenvalue weighted by atomic mass is 14.7. The van der Waals surface area contributed by atoms with Crippen molar-refractivity contribution >= 4 is 0 Å². The summed E-state index contributed by atoms with van der Waals surface area (Å²) in [6.07, 6.45) is 3.50. The van der Waals surface area contributed by atoms with Gasteiger partial charge in [-0.25, -0.2) is 0 Å². The lowest BCUT2D eigenvalue weighted by atomic mass is 10.2. The average molecular weight is 314 g/mol. The van der Waals surface area contributed by atoms with Crippen molar-refractivity contribution in [1.29, 1.82) is 10.5 Å². The van der Waals surface area contributed by atoms with Gasteiger partial charge in [0.15, 0.2) is 0 Å². The fourth-order valence-corrected chi connectivity index (χ4v) is 1.61. The highest BCUT2D eigenvalue weighted by Crippen LogP contribution is 2.00. The predicted molar refractivity (Wildman–Crippen MR) is 93.8 cm³/mol. The average Bonchev–Trinajstić information content (AvgIpc) is 2.64. The maximum absolute atomic E-state index is 8.37. The number of nitriles is 2. The van der Waals surface area contributed by atoms with Crippen LogP contribution in [0.5, 0.6) is 0 Å². The van der Waals surface area contributed by atoms with Crippen LogP contribution in [0.4, 0.5) is 0 Å². The fraction of sp³-hybridized carbons (Fsp3) is 0.100. The van der Waals surface area contributed by atoms with Crippen LogP contribution in [0.3, 0.4) is 0 Å². The topological polar surface area (TPSA) is 73.4 Å². The molecule has 1 aromatic carbocycles. The van der Waals surface area contributed by atoms with Crippen LogP contribution < -0.4 is 0 Å². The first-order valence-corrected chi connectivity index (χ1v) is 7.31. The van der Waals surface area contributed by atoms with Crippen LogP contribution in [0.2, 0.25) is 0 Å². The summed E-state index contributed by atoms with van der Waals surface area (Å²) >= 11 is 0. The van der Waals surface area contributed by atoms with Crippen LogP contribution in [-0.2, 0) is 0 Å². The summed E-state index contributed by atoms with van der Waals surface area (Å²) in [6.45, 7) is 3.99. The highest BCUT2D eigenvalue weighted by molar-refractivity contribution is 5.36. The Balaban J connectivity index is 0.000000186. The molecule has 0 aliphatic heterocycles. The molecule has 24 heavy (non-hydrogen) atoms. The number of nitrogens with zero attached hydrogens (tertiary/aromatic N) is 4. The van der Waals surface area contributed by atoms with Crippen LogP contribution in [0, 0.1) is 36.5 Å². The number of hydrogen-bond acceptors (Lipinski definition) is 4. The van der Waals surface area contributed by atoms with E-state index in [1.54, 1.807) is 36.7 Å². The smallest absolute Gasteiger partial charge is 0.0991 e. The van der Waals surface area contributed by atoms with Crippen LogP contribution >= 0.6 is 0 Å². The molecule has 3 aromatic rings. The Morgan fingerprint density at radius 3 is 1.33 bits per heavy atom. The van der Waals surface area contributed by atoms with Gasteiger partial charge >= 0.3 is 0 Å². The largest absolute Gasteiger partial charge is 0.265 e. The Bertz CT molecular complexity index is 721. The van der Waals surface area contributed by atoms with Gasteiger partial charge in [-0.05, 0) is 62.4 Å². The van der Waals surface area contributed by atoms with Crippen molar-refractivity contribution in [2.45, 2.75) is 13.8 Å². The molecule has 0 spiro atoms. The van der Waals surface area contributed by atoms with E-state index in [4.69, 9.17) is 10.5 Å². The maximum Gasteiger partial charge on any atom is 0.0991 e. The van der Waals surface area contributed by atoms with Gasteiger partial charge in [-0.15, -0.1) is 0 Å². The van der Waals surface area contributed by atoms with E-state index in [-0.39, 0.29) is 0 Å².